The van der Waals surface area contributed by atoms with E-state index in [1.807, 2.05) is 0 Å². The minimum atomic E-state index is -4.95. The van der Waals surface area contributed by atoms with Gasteiger partial charge in [-0.1, -0.05) is 273 Å². The molecule has 3 unspecified atom stereocenters. The number of carbonyl (C=O) groups excluding carboxylic acids is 4. The van der Waals surface area contributed by atoms with Crippen LogP contribution in [-0.4, -0.2) is 96.7 Å². The fraction of sp³-hybridized carbons (Fsp3) is 0.938. The number of aliphatic hydroxyl groups is 1. The number of aliphatic hydroxyl groups excluding tert-OH is 1. The highest BCUT2D eigenvalue weighted by Gasteiger charge is 2.30. The molecule has 0 aliphatic carbocycles. The van der Waals surface area contributed by atoms with Crippen LogP contribution < -0.4 is 0 Å². The summed E-state index contributed by atoms with van der Waals surface area (Å²) in [5.74, 6) is -0.638. The molecule has 0 amide bonds. The smallest absolute Gasteiger partial charge is 0.462 e. The average Bonchev–Trinajstić information content (AvgIpc) is 3.64. The van der Waals surface area contributed by atoms with Crippen LogP contribution in [0, 0.1) is 11.8 Å². The van der Waals surface area contributed by atoms with Crippen molar-refractivity contribution in [2.75, 3.05) is 39.6 Å². The molecule has 0 aromatic heterocycles. The second-order valence-electron chi connectivity index (χ2n) is 24.2. The van der Waals surface area contributed by atoms with Crippen LogP contribution in [0.2, 0.25) is 0 Å². The molecule has 84 heavy (non-hydrogen) atoms. The summed E-state index contributed by atoms with van der Waals surface area (Å²) in [7, 11) is -9.88. The molecule has 17 nitrogen and oxygen atoms in total. The van der Waals surface area contributed by atoms with Gasteiger partial charge in [-0.05, 0) is 37.5 Å². The zero-order valence-corrected chi connectivity index (χ0v) is 56.0. The maximum absolute atomic E-state index is 13.0. The second-order valence-corrected chi connectivity index (χ2v) is 27.1. The molecule has 0 aliphatic heterocycles. The van der Waals surface area contributed by atoms with Crippen LogP contribution in [0.4, 0.5) is 0 Å². The molecule has 0 fully saturated rings. The number of phosphoric ester groups is 2. The first kappa shape index (κ1) is 82.1. The number of ether oxygens (including phenoxy) is 4. The summed E-state index contributed by atoms with van der Waals surface area (Å²) in [6.45, 7) is 9.38. The monoisotopic (exact) mass is 1240 g/mol. The number of phosphoric acid groups is 2. The molecule has 0 aromatic rings. The Hall–Kier alpha value is -1.94. The molecule has 0 radical (unpaired) electrons. The number of esters is 4. The van der Waals surface area contributed by atoms with Crippen LogP contribution in [0.1, 0.15) is 324 Å². The van der Waals surface area contributed by atoms with Gasteiger partial charge in [-0.2, -0.15) is 0 Å². The fourth-order valence-electron chi connectivity index (χ4n) is 9.68. The van der Waals surface area contributed by atoms with Gasteiger partial charge in [0.1, 0.15) is 19.3 Å². The summed E-state index contributed by atoms with van der Waals surface area (Å²) < 4.78 is 67.9. The number of unbranched alkanes of at least 4 members (excludes halogenated alkanes) is 33. The molecule has 19 heteroatoms. The van der Waals surface area contributed by atoms with E-state index in [4.69, 9.17) is 37.0 Å². The van der Waals surface area contributed by atoms with Gasteiger partial charge in [0.05, 0.1) is 26.4 Å². The highest BCUT2D eigenvalue weighted by atomic mass is 31.2. The van der Waals surface area contributed by atoms with Crippen molar-refractivity contribution in [3.63, 3.8) is 0 Å². The summed E-state index contributed by atoms with van der Waals surface area (Å²) in [6, 6.07) is 0. The Kier molecular flexibility index (Phi) is 56.2. The van der Waals surface area contributed by atoms with E-state index in [1.165, 1.54) is 135 Å². The predicted molar refractivity (Wildman–Crippen MR) is 335 cm³/mol. The van der Waals surface area contributed by atoms with Crippen LogP contribution in [0.5, 0.6) is 0 Å². The summed E-state index contributed by atoms with van der Waals surface area (Å²) in [6.07, 6.45) is 40.7. The molecule has 0 spiro atoms. The molecule has 0 bridgehead atoms. The van der Waals surface area contributed by atoms with E-state index in [0.717, 1.165) is 102 Å². The molecule has 6 atom stereocenters. The van der Waals surface area contributed by atoms with Crippen LogP contribution in [0.15, 0.2) is 0 Å². The lowest BCUT2D eigenvalue weighted by molar-refractivity contribution is -0.161. The van der Waals surface area contributed by atoms with Crippen molar-refractivity contribution < 1.29 is 80.2 Å². The van der Waals surface area contributed by atoms with E-state index in [9.17, 15) is 43.2 Å². The molecular weight excluding hydrogens is 1110 g/mol. The number of hydrogen-bond donors (Lipinski definition) is 3. The Morgan fingerprint density at radius 2 is 0.607 bits per heavy atom. The van der Waals surface area contributed by atoms with Crippen LogP contribution >= 0.6 is 15.6 Å². The Bertz CT molecular complexity index is 1650. The van der Waals surface area contributed by atoms with E-state index in [0.29, 0.717) is 31.6 Å². The third-order valence-electron chi connectivity index (χ3n) is 15.3. The van der Waals surface area contributed by atoms with E-state index in [2.05, 4.69) is 41.5 Å². The minimum absolute atomic E-state index is 0.102. The number of carbonyl (C=O) groups is 4. The molecule has 0 aromatic carbocycles. The van der Waals surface area contributed by atoms with Crippen LogP contribution in [0.25, 0.3) is 0 Å². The summed E-state index contributed by atoms with van der Waals surface area (Å²) in [5.41, 5.74) is 0. The van der Waals surface area contributed by atoms with Gasteiger partial charge in [0, 0.05) is 25.7 Å². The number of hydrogen-bond acceptors (Lipinski definition) is 15. The molecule has 0 aliphatic rings. The first-order chi connectivity index (χ1) is 40.4. The second kappa shape index (κ2) is 57.5. The molecule has 0 heterocycles. The Morgan fingerprint density at radius 3 is 0.905 bits per heavy atom. The highest BCUT2D eigenvalue weighted by Crippen LogP contribution is 2.45. The standard InChI is InChI=1S/C65H126O17P2/c1-7-10-12-14-15-16-17-18-19-20-21-26-31-37-43-49-64(69)82-61(54-76-63(68)48-42-36-30-25-23-22-24-29-35-40-46-58(6)9-3)56-80-84(73,74)78-52-59(66)51-77-83(71,72)79-55-60(53-75-62(67)47-41-33-13-11-8-2)81-65(70)50-44-38-32-27-28-34-39-45-57(4)5/h57-61,66H,7-56H2,1-6H3,(H,71,72)(H,73,74)/t58?,59-,60+,61+/m0/s1. The lowest BCUT2D eigenvalue weighted by Crippen LogP contribution is -2.30. The highest BCUT2D eigenvalue weighted by molar-refractivity contribution is 7.47. The van der Waals surface area contributed by atoms with E-state index in [1.54, 1.807) is 0 Å². The van der Waals surface area contributed by atoms with Gasteiger partial charge in [-0.25, -0.2) is 9.13 Å². The Balaban J connectivity index is 5.18. The molecule has 0 saturated carbocycles. The normalized spacial score (nSPS) is 14.6. The van der Waals surface area contributed by atoms with Crippen molar-refractivity contribution in [1.82, 2.24) is 0 Å². The SMILES string of the molecule is CCCCCCCCCCCCCCCCCC(=O)O[C@H](COC(=O)CCCCCCCCCCCCC(C)CC)COP(=O)(O)OC[C@@H](O)COP(=O)(O)OC[C@@H](COC(=O)CCCCCCC)OC(=O)CCCCCCCCCC(C)C. The first-order valence-electron chi connectivity index (χ1n) is 34.0. The number of rotatable bonds is 64. The summed E-state index contributed by atoms with van der Waals surface area (Å²) >= 11 is 0. The van der Waals surface area contributed by atoms with Gasteiger partial charge < -0.3 is 33.8 Å². The topological polar surface area (TPSA) is 237 Å². The van der Waals surface area contributed by atoms with Gasteiger partial charge in [0.25, 0.3) is 0 Å². The van der Waals surface area contributed by atoms with Gasteiger partial charge in [0.2, 0.25) is 0 Å². The van der Waals surface area contributed by atoms with Crippen molar-refractivity contribution in [2.45, 2.75) is 342 Å². The Morgan fingerprint density at radius 1 is 0.345 bits per heavy atom. The zero-order chi connectivity index (χ0) is 62.2. The van der Waals surface area contributed by atoms with Crippen molar-refractivity contribution >= 4 is 39.5 Å². The van der Waals surface area contributed by atoms with Gasteiger partial charge in [-0.3, -0.25) is 37.3 Å². The summed E-state index contributed by atoms with van der Waals surface area (Å²) in [4.78, 5) is 72.0. The third kappa shape index (κ3) is 57.8. The quantitative estimate of drug-likeness (QED) is 0.0222. The predicted octanol–water partition coefficient (Wildman–Crippen LogP) is 18.0. The molecule has 3 N–H and O–H groups in total. The lowest BCUT2D eigenvalue weighted by Gasteiger charge is -2.21. The van der Waals surface area contributed by atoms with E-state index >= 15 is 0 Å². The van der Waals surface area contributed by atoms with Crippen LogP contribution in [-0.2, 0) is 65.4 Å². The molecular formula is C65H126O17P2. The molecule has 0 saturated heterocycles. The van der Waals surface area contributed by atoms with Gasteiger partial charge in [-0.15, -0.1) is 0 Å². The largest absolute Gasteiger partial charge is 0.472 e. The molecule has 498 valence electrons. The zero-order valence-electron chi connectivity index (χ0n) is 54.2. The summed E-state index contributed by atoms with van der Waals surface area (Å²) in [5, 5.41) is 10.5. The third-order valence-corrected chi connectivity index (χ3v) is 17.2. The average molecular weight is 1240 g/mol. The maximum atomic E-state index is 13.0. The van der Waals surface area contributed by atoms with Crippen molar-refractivity contribution in [3.8, 4) is 0 Å². The fourth-order valence-corrected chi connectivity index (χ4v) is 11.3. The van der Waals surface area contributed by atoms with Crippen LogP contribution in [0.3, 0.4) is 0 Å². The van der Waals surface area contributed by atoms with Crippen molar-refractivity contribution in [3.05, 3.63) is 0 Å². The minimum Gasteiger partial charge on any atom is -0.462 e. The van der Waals surface area contributed by atoms with Crippen molar-refractivity contribution in [2.24, 2.45) is 11.8 Å². The van der Waals surface area contributed by atoms with Gasteiger partial charge >= 0.3 is 39.5 Å². The van der Waals surface area contributed by atoms with Gasteiger partial charge in [0.15, 0.2) is 12.2 Å². The molecule has 0 rings (SSSR count). The first-order valence-corrected chi connectivity index (χ1v) is 37.0. The lowest BCUT2D eigenvalue weighted by atomic mass is 9.99. The van der Waals surface area contributed by atoms with E-state index < -0.39 is 97.5 Å². The Labute approximate surface area is 511 Å². The van der Waals surface area contributed by atoms with Crippen molar-refractivity contribution in [1.29, 1.82) is 0 Å². The van der Waals surface area contributed by atoms with E-state index in [-0.39, 0.29) is 25.7 Å². The maximum Gasteiger partial charge on any atom is 0.472 e.